The summed E-state index contributed by atoms with van der Waals surface area (Å²) >= 11 is 0. The van der Waals surface area contributed by atoms with Crippen molar-refractivity contribution < 1.29 is 13.2 Å². The Bertz CT molecular complexity index is 697. The van der Waals surface area contributed by atoms with Gasteiger partial charge in [0, 0.05) is 39.4 Å². The van der Waals surface area contributed by atoms with Crippen LogP contribution in [0.3, 0.4) is 0 Å². The molecule has 0 spiro atoms. The SMILES string of the molecule is CC1CCN(S(=O)(=O)c2cc(C(=O)N3CCCCC3)n(C)c2)CC1. The molecule has 2 fully saturated rings. The van der Waals surface area contributed by atoms with E-state index in [0.29, 0.717) is 24.7 Å². The molecule has 7 heteroatoms. The summed E-state index contributed by atoms with van der Waals surface area (Å²) in [6, 6.07) is 1.55. The van der Waals surface area contributed by atoms with Crippen molar-refractivity contribution >= 4 is 15.9 Å². The molecule has 0 bridgehead atoms. The Morgan fingerprint density at radius 2 is 1.71 bits per heavy atom. The molecule has 0 atom stereocenters. The predicted molar refractivity (Wildman–Crippen MR) is 92.3 cm³/mol. The highest BCUT2D eigenvalue weighted by Crippen LogP contribution is 2.25. The summed E-state index contributed by atoms with van der Waals surface area (Å²) in [5.74, 6) is 0.509. The highest BCUT2D eigenvalue weighted by molar-refractivity contribution is 7.89. The van der Waals surface area contributed by atoms with Gasteiger partial charge in [0.2, 0.25) is 10.0 Å². The lowest BCUT2D eigenvalue weighted by Gasteiger charge is -2.29. The van der Waals surface area contributed by atoms with Crippen LogP contribution in [0.5, 0.6) is 0 Å². The van der Waals surface area contributed by atoms with Crippen molar-refractivity contribution in [1.82, 2.24) is 13.8 Å². The number of aromatic nitrogens is 1. The van der Waals surface area contributed by atoms with E-state index in [1.807, 2.05) is 4.90 Å². The molecule has 1 aromatic heterocycles. The largest absolute Gasteiger partial charge is 0.345 e. The normalized spacial score (nSPS) is 21.2. The van der Waals surface area contributed by atoms with Crippen molar-refractivity contribution in [2.45, 2.75) is 43.9 Å². The topological polar surface area (TPSA) is 62.6 Å². The van der Waals surface area contributed by atoms with Crippen molar-refractivity contribution in [3.05, 3.63) is 18.0 Å². The number of hydrogen-bond donors (Lipinski definition) is 0. The van der Waals surface area contributed by atoms with E-state index in [1.54, 1.807) is 28.2 Å². The van der Waals surface area contributed by atoms with Crippen LogP contribution in [0.2, 0.25) is 0 Å². The quantitative estimate of drug-likeness (QED) is 0.836. The van der Waals surface area contributed by atoms with Crippen molar-refractivity contribution in [2.24, 2.45) is 13.0 Å². The average Bonchev–Trinajstić information content (AvgIpc) is 2.98. The van der Waals surface area contributed by atoms with Gasteiger partial charge in [-0.15, -0.1) is 0 Å². The molecule has 0 saturated carbocycles. The first-order valence-electron chi connectivity index (χ1n) is 8.85. The third-order valence-electron chi connectivity index (χ3n) is 5.22. The van der Waals surface area contributed by atoms with Crippen LogP contribution >= 0.6 is 0 Å². The zero-order valence-corrected chi connectivity index (χ0v) is 15.4. The second-order valence-electron chi connectivity index (χ2n) is 7.11. The number of carbonyl (C=O) groups is 1. The Labute approximate surface area is 144 Å². The van der Waals surface area contributed by atoms with E-state index in [0.717, 1.165) is 45.2 Å². The third kappa shape index (κ3) is 3.37. The average molecular weight is 353 g/mol. The number of carbonyl (C=O) groups excluding carboxylic acids is 1. The van der Waals surface area contributed by atoms with E-state index < -0.39 is 10.0 Å². The molecule has 24 heavy (non-hydrogen) atoms. The highest BCUT2D eigenvalue weighted by Gasteiger charge is 2.31. The second-order valence-corrected chi connectivity index (χ2v) is 9.05. The molecule has 0 unspecified atom stereocenters. The summed E-state index contributed by atoms with van der Waals surface area (Å²) in [5, 5.41) is 0. The first-order valence-corrected chi connectivity index (χ1v) is 10.3. The predicted octanol–water partition coefficient (Wildman–Crippen LogP) is 2.07. The van der Waals surface area contributed by atoms with Crippen LogP contribution in [0.15, 0.2) is 17.2 Å². The molecule has 2 aliphatic heterocycles. The van der Waals surface area contributed by atoms with Gasteiger partial charge in [0.25, 0.3) is 5.91 Å². The van der Waals surface area contributed by atoms with Gasteiger partial charge in [-0.1, -0.05) is 6.92 Å². The van der Waals surface area contributed by atoms with E-state index in [9.17, 15) is 13.2 Å². The van der Waals surface area contributed by atoms with E-state index in [-0.39, 0.29) is 10.8 Å². The van der Waals surface area contributed by atoms with Gasteiger partial charge in [-0.2, -0.15) is 4.31 Å². The number of sulfonamides is 1. The maximum Gasteiger partial charge on any atom is 0.270 e. The van der Waals surface area contributed by atoms with E-state index in [2.05, 4.69) is 6.92 Å². The number of aryl methyl sites for hydroxylation is 1. The number of amides is 1. The van der Waals surface area contributed by atoms with Gasteiger partial charge in [-0.05, 0) is 44.1 Å². The van der Waals surface area contributed by atoms with Crippen molar-refractivity contribution in [2.75, 3.05) is 26.2 Å². The Morgan fingerprint density at radius 3 is 2.33 bits per heavy atom. The number of rotatable bonds is 3. The maximum atomic E-state index is 12.8. The van der Waals surface area contributed by atoms with Crippen molar-refractivity contribution in [3.8, 4) is 0 Å². The third-order valence-corrected chi connectivity index (χ3v) is 7.09. The van der Waals surface area contributed by atoms with Crippen molar-refractivity contribution in [3.63, 3.8) is 0 Å². The standard InChI is InChI=1S/C17H27N3O3S/c1-14-6-10-20(11-7-14)24(22,23)15-12-16(18(2)13-15)17(21)19-8-4-3-5-9-19/h12-14H,3-11H2,1-2H3. The lowest BCUT2D eigenvalue weighted by Crippen LogP contribution is -2.37. The summed E-state index contributed by atoms with van der Waals surface area (Å²) in [5.41, 5.74) is 0.459. The number of likely N-dealkylation sites (tertiary alicyclic amines) is 1. The molecule has 1 aromatic rings. The van der Waals surface area contributed by atoms with Crippen LogP contribution in [0.4, 0.5) is 0 Å². The van der Waals surface area contributed by atoms with Gasteiger partial charge in [-0.3, -0.25) is 4.79 Å². The minimum absolute atomic E-state index is 0.0640. The fourth-order valence-corrected chi connectivity index (χ4v) is 5.06. The summed E-state index contributed by atoms with van der Waals surface area (Å²) < 4.78 is 28.9. The smallest absolute Gasteiger partial charge is 0.270 e. The summed E-state index contributed by atoms with van der Waals surface area (Å²) in [6.07, 6.45) is 6.56. The molecule has 6 nitrogen and oxygen atoms in total. The second kappa shape index (κ2) is 6.88. The molecule has 0 radical (unpaired) electrons. The molecule has 134 valence electrons. The Morgan fingerprint density at radius 1 is 1.08 bits per heavy atom. The lowest BCUT2D eigenvalue weighted by atomic mass is 10.0. The fourth-order valence-electron chi connectivity index (χ4n) is 3.52. The Balaban J connectivity index is 1.81. The first kappa shape index (κ1) is 17.5. The molecule has 3 heterocycles. The minimum Gasteiger partial charge on any atom is -0.345 e. The lowest BCUT2D eigenvalue weighted by molar-refractivity contribution is 0.0714. The number of hydrogen-bond acceptors (Lipinski definition) is 3. The van der Waals surface area contributed by atoms with Crippen LogP contribution in [0, 0.1) is 5.92 Å². The molecule has 0 aromatic carbocycles. The minimum atomic E-state index is -3.51. The van der Waals surface area contributed by atoms with Crippen LogP contribution in [-0.2, 0) is 17.1 Å². The molecular formula is C17H27N3O3S. The monoisotopic (exact) mass is 353 g/mol. The highest BCUT2D eigenvalue weighted by atomic mass is 32.2. The zero-order chi connectivity index (χ0) is 17.3. The Hall–Kier alpha value is -1.34. The summed E-state index contributed by atoms with van der Waals surface area (Å²) in [6.45, 7) is 4.80. The molecule has 3 rings (SSSR count). The van der Waals surface area contributed by atoms with Crippen LogP contribution in [-0.4, -0.2) is 54.3 Å². The van der Waals surface area contributed by atoms with Gasteiger partial charge in [-0.25, -0.2) is 8.42 Å². The molecule has 1 amide bonds. The first-order chi connectivity index (χ1) is 11.4. The van der Waals surface area contributed by atoms with E-state index >= 15 is 0 Å². The van der Waals surface area contributed by atoms with Gasteiger partial charge in [0.15, 0.2) is 0 Å². The van der Waals surface area contributed by atoms with E-state index in [1.165, 1.54) is 0 Å². The fraction of sp³-hybridized carbons (Fsp3) is 0.706. The van der Waals surface area contributed by atoms with Gasteiger partial charge < -0.3 is 9.47 Å². The molecule has 0 N–H and O–H groups in total. The Kier molecular flexibility index (Phi) is 5.01. The number of piperidine rings is 2. The van der Waals surface area contributed by atoms with Gasteiger partial charge in [0.05, 0.1) is 0 Å². The van der Waals surface area contributed by atoms with Crippen LogP contribution in [0.1, 0.15) is 49.5 Å². The van der Waals surface area contributed by atoms with E-state index in [4.69, 9.17) is 0 Å². The van der Waals surface area contributed by atoms with Crippen molar-refractivity contribution in [1.29, 1.82) is 0 Å². The van der Waals surface area contributed by atoms with Gasteiger partial charge >= 0.3 is 0 Å². The number of nitrogens with zero attached hydrogens (tertiary/aromatic N) is 3. The summed E-state index contributed by atoms with van der Waals surface area (Å²) in [4.78, 5) is 14.7. The molecule has 2 aliphatic rings. The molecule has 0 aliphatic carbocycles. The van der Waals surface area contributed by atoms with Crippen LogP contribution < -0.4 is 0 Å². The molecule has 2 saturated heterocycles. The zero-order valence-electron chi connectivity index (χ0n) is 14.6. The van der Waals surface area contributed by atoms with Gasteiger partial charge in [0.1, 0.15) is 10.6 Å². The summed E-state index contributed by atoms with van der Waals surface area (Å²) in [7, 11) is -1.77. The molecular weight excluding hydrogens is 326 g/mol. The maximum absolute atomic E-state index is 12.8. The van der Waals surface area contributed by atoms with Crippen LogP contribution in [0.25, 0.3) is 0 Å².